The molecule has 0 radical (unpaired) electrons. The van der Waals surface area contributed by atoms with Crippen molar-refractivity contribution in [3.05, 3.63) is 0 Å². The molecule has 1 fully saturated rings. The maximum atomic E-state index is 12.2. The minimum Gasteiger partial charge on any atom is -0.468 e. The van der Waals surface area contributed by atoms with E-state index in [9.17, 15) is 4.79 Å². The van der Waals surface area contributed by atoms with Gasteiger partial charge >= 0.3 is 5.97 Å². The zero-order chi connectivity index (χ0) is 14.8. The van der Waals surface area contributed by atoms with Gasteiger partial charge in [-0.1, -0.05) is 20.8 Å². The molecule has 0 spiro atoms. The van der Waals surface area contributed by atoms with Gasteiger partial charge in [0.15, 0.2) is 0 Å². The fourth-order valence-electron chi connectivity index (χ4n) is 2.70. The molecule has 0 amide bonds. The molecule has 1 rings (SSSR count). The highest BCUT2D eigenvalue weighted by molar-refractivity contribution is 5.82. The lowest BCUT2D eigenvalue weighted by Gasteiger charge is -2.41. The van der Waals surface area contributed by atoms with Crippen LogP contribution in [0, 0.1) is 11.3 Å². The highest BCUT2D eigenvalue weighted by atomic mass is 16.5. The molecule has 1 aliphatic rings. The van der Waals surface area contributed by atoms with Crippen LogP contribution in [0.25, 0.3) is 0 Å². The molecule has 0 bridgehead atoms. The van der Waals surface area contributed by atoms with Crippen molar-refractivity contribution in [1.29, 1.82) is 0 Å². The van der Waals surface area contributed by atoms with Gasteiger partial charge in [-0.2, -0.15) is 0 Å². The van der Waals surface area contributed by atoms with E-state index in [0.29, 0.717) is 18.5 Å². The van der Waals surface area contributed by atoms with Gasteiger partial charge in [0.25, 0.3) is 0 Å². The SMILES string of the molecule is CNC(CN(C)C(C)C(C)(C)C)(C(=O)OC)C1CC1. The fourth-order valence-corrected chi connectivity index (χ4v) is 2.70. The summed E-state index contributed by atoms with van der Waals surface area (Å²) in [7, 11) is 5.43. The van der Waals surface area contributed by atoms with E-state index < -0.39 is 5.54 Å². The van der Waals surface area contributed by atoms with E-state index in [4.69, 9.17) is 4.74 Å². The van der Waals surface area contributed by atoms with Crippen molar-refractivity contribution in [3.8, 4) is 0 Å². The number of methoxy groups -OCH3 is 1. The summed E-state index contributed by atoms with van der Waals surface area (Å²) in [6.07, 6.45) is 2.21. The van der Waals surface area contributed by atoms with Gasteiger partial charge in [-0.25, -0.2) is 4.79 Å². The Kier molecular flexibility index (Phi) is 5.02. The number of ether oxygens (including phenoxy) is 1. The molecule has 4 nitrogen and oxygen atoms in total. The highest BCUT2D eigenvalue weighted by Crippen LogP contribution is 2.41. The molecule has 2 unspecified atom stereocenters. The average molecular weight is 270 g/mol. The topological polar surface area (TPSA) is 41.6 Å². The van der Waals surface area contributed by atoms with Crippen LogP contribution in [0.5, 0.6) is 0 Å². The van der Waals surface area contributed by atoms with E-state index in [1.54, 1.807) is 0 Å². The van der Waals surface area contributed by atoms with E-state index in [1.165, 1.54) is 7.11 Å². The molecule has 0 aromatic carbocycles. The van der Waals surface area contributed by atoms with E-state index in [-0.39, 0.29) is 11.4 Å². The molecule has 2 atom stereocenters. The van der Waals surface area contributed by atoms with Gasteiger partial charge in [0, 0.05) is 12.6 Å². The van der Waals surface area contributed by atoms with Crippen LogP contribution in [0.1, 0.15) is 40.5 Å². The van der Waals surface area contributed by atoms with E-state index >= 15 is 0 Å². The van der Waals surface area contributed by atoms with Crippen molar-refractivity contribution >= 4 is 5.97 Å². The summed E-state index contributed by atoms with van der Waals surface area (Å²) in [6, 6.07) is 0.392. The minimum atomic E-state index is -0.553. The van der Waals surface area contributed by atoms with Crippen molar-refractivity contribution < 1.29 is 9.53 Å². The zero-order valence-electron chi connectivity index (χ0n) is 13.5. The Hall–Kier alpha value is -0.610. The van der Waals surface area contributed by atoms with Crippen LogP contribution in [0.15, 0.2) is 0 Å². The third-order valence-corrected chi connectivity index (χ3v) is 4.68. The van der Waals surface area contributed by atoms with Crippen molar-refractivity contribution in [2.45, 2.75) is 52.1 Å². The number of hydrogen-bond donors (Lipinski definition) is 1. The second kappa shape index (κ2) is 5.80. The first-order valence-corrected chi connectivity index (χ1v) is 7.16. The second-order valence-corrected chi connectivity index (χ2v) is 6.94. The molecule has 0 aromatic rings. The van der Waals surface area contributed by atoms with Crippen LogP contribution >= 0.6 is 0 Å². The summed E-state index contributed by atoms with van der Waals surface area (Å²) >= 11 is 0. The van der Waals surface area contributed by atoms with Crippen LogP contribution in [0.4, 0.5) is 0 Å². The van der Waals surface area contributed by atoms with Crippen molar-refractivity contribution in [2.24, 2.45) is 11.3 Å². The number of rotatable bonds is 6. The van der Waals surface area contributed by atoms with Gasteiger partial charge in [0.05, 0.1) is 7.11 Å². The van der Waals surface area contributed by atoms with Crippen LogP contribution in [-0.4, -0.2) is 50.2 Å². The lowest BCUT2D eigenvalue weighted by Crippen LogP contribution is -2.61. The molecule has 4 heteroatoms. The molecule has 1 N–H and O–H groups in total. The zero-order valence-corrected chi connectivity index (χ0v) is 13.5. The summed E-state index contributed by atoms with van der Waals surface area (Å²) in [4.78, 5) is 14.5. The van der Waals surface area contributed by atoms with Gasteiger partial charge < -0.3 is 15.0 Å². The second-order valence-electron chi connectivity index (χ2n) is 6.94. The molecule has 0 aliphatic heterocycles. The van der Waals surface area contributed by atoms with E-state index in [2.05, 4.69) is 45.0 Å². The smallest absolute Gasteiger partial charge is 0.327 e. The summed E-state index contributed by atoms with van der Waals surface area (Å²) < 4.78 is 5.05. The Bertz CT molecular complexity index is 321. The van der Waals surface area contributed by atoms with Crippen LogP contribution < -0.4 is 5.32 Å². The van der Waals surface area contributed by atoms with Crippen molar-refractivity contribution in [2.75, 3.05) is 27.7 Å². The number of hydrogen-bond acceptors (Lipinski definition) is 4. The molecular weight excluding hydrogens is 240 g/mol. The summed E-state index contributed by atoms with van der Waals surface area (Å²) in [5.74, 6) is 0.269. The maximum absolute atomic E-state index is 12.2. The van der Waals surface area contributed by atoms with Gasteiger partial charge in [0.2, 0.25) is 0 Å². The number of carbonyl (C=O) groups excluding carboxylic acids is 1. The normalized spacial score (nSPS) is 21.1. The Morgan fingerprint density at radius 1 is 1.42 bits per heavy atom. The molecule has 19 heavy (non-hydrogen) atoms. The molecule has 0 heterocycles. The fraction of sp³-hybridized carbons (Fsp3) is 0.933. The molecular formula is C15H30N2O2. The largest absolute Gasteiger partial charge is 0.468 e. The molecule has 0 saturated heterocycles. The van der Waals surface area contributed by atoms with Crippen LogP contribution in [-0.2, 0) is 9.53 Å². The third-order valence-electron chi connectivity index (χ3n) is 4.68. The Morgan fingerprint density at radius 2 is 1.95 bits per heavy atom. The van der Waals surface area contributed by atoms with Gasteiger partial charge in [-0.15, -0.1) is 0 Å². The Labute approximate surface area is 117 Å². The van der Waals surface area contributed by atoms with Gasteiger partial charge in [-0.05, 0) is 45.2 Å². The lowest BCUT2D eigenvalue weighted by molar-refractivity contribution is -0.150. The number of nitrogens with zero attached hydrogens (tertiary/aromatic N) is 1. The first-order chi connectivity index (χ1) is 8.69. The summed E-state index contributed by atoms with van der Waals surface area (Å²) in [5.41, 5.74) is -0.364. The maximum Gasteiger partial charge on any atom is 0.327 e. The van der Waals surface area contributed by atoms with Crippen molar-refractivity contribution in [3.63, 3.8) is 0 Å². The highest BCUT2D eigenvalue weighted by Gasteiger charge is 2.52. The lowest BCUT2D eigenvalue weighted by atomic mass is 9.85. The van der Waals surface area contributed by atoms with Gasteiger partial charge in [-0.3, -0.25) is 0 Å². The quantitative estimate of drug-likeness (QED) is 0.749. The van der Waals surface area contributed by atoms with E-state index in [1.807, 2.05) is 7.05 Å². The monoisotopic (exact) mass is 270 g/mol. The number of nitrogens with one attached hydrogen (secondary N) is 1. The number of carbonyl (C=O) groups is 1. The number of esters is 1. The molecule has 1 aliphatic carbocycles. The molecule has 112 valence electrons. The first kappa shape index (κ1) is 16.4. The third kappa shape index (κ3) is 3.48. The van der Waals surface area contributed by atoms with Crippen LogP contribution in [0.2, 0.25) is 0 Å². The average Bonchev–Trinajstić information content (AvgIpc) is 3.17. The first-order valence-electron chi connectivity index (χ1n) is 7.16. The Balaban J connectivity index is 2.86. The predicted octanol–water partition coefficient (Wildman–Crippen LogP) is 1.89. The molecule has 0 aromatic heterocycles. The van der Waals surface area contributed by atoms with Gasteiger partial charge in [0.1, 0.15) is 5.54 Å². The summed E-state index contributed by atoms with van der Waals surface area (Å²) in [6.45, 7) is 9.59. The number of likely N-dealkylation sites (N-methyl/N-ethyl adjacent to an activating group) is 2. The standard InChI is InChI=1S/C15H30N2O2/c1-11(14(2,3)4)17(6)10-15(16-5,12-8-9-12)13(18)19-7/h11-12,16H,8-10H2,1-7H3. The Morgan fingerprint density at radius 3 is 2.26 bits per heavy atom. The molecule has 1 saturated carbocycles. The minimum absolute atomic E-state index is 0.134. The predicted molar refractivity (Wildman–Crippen MR) is 78.1 cm³/mol. The van der Waals surface area contributed by atoms with E-state index in [0.717, 1.165) is 12.8 Å². The van der Waals surface area contributed by atoms with Crippen LogP contribution in [0.3, 0.4) is 0 Å². The summed E-state index contributed by atoms with van der Waals surface area (Å²) in [5, 5.41) is 3.25. The van der Waals surface area contributed by atoms with Crippen molar-refractivity contribution in [1.82, 2.24) is 10.2 Å².